The largest absolute Gasteiger partial charge is 0.459 e. The number of aromatic nitrogens is 4. The summed E-state index contributed by atoms with van der Waals surface area (Å²) in [6, 6.07) is 0.341. The number of nitrogens with one attached hydrogen (secondary N) is 1. The maximum absolute atomic E-state index is 6.04. The number of piperidine rings is 1. The van der Waals surface area contributed by atoms with Crippen molar-refractivity contribution in [1.82, 2.24) is 24.9 Å². The molecule has 126 valence electrons. The van der Waals surface area contributed by atoms with Crippen molar-refractivity contribution in [2.24, 2.45) is 5.92 Å². The smallest absolute Gasteiger partial charge is 0.336 e. The van der Waals surface area contributed by atoms with Crippen LogP contribution < -0.4 is 15.8 Å². The van der Waals surface area contributed by atoms with E-state index in [4.69, 9.17) is 10.5 Å². The molecular formula is C16H26N6O. The van der Waals surface area contributed by atoms with Crippen LogP contribution in [0.25, 0.3) is 5.65 Å². The molecule has 0 aromatic carbocycles. The lowest BCUT2D eigenvalue weighted by Crippen LogP contribution is -2.29. The summed E-state index contributed by atoms with van der Waals surface area (Å²) >= 11 is 0. The topological polar surface area (TPSA) is 90.4 Å². The Kier molecular flexibility index (Phi) is 4.95. The van der Waals surface area contributed by atoms with Gasteiger partial charge < -0.3 is 15.8 Å². The van der Waals surface area contributed by atoms with Crippen LogP contribution >= 0.6 is 0 Å². The van der Waals surface area contributed by atoms with Gasteiger partial charge in [-0.15, -0.1) is 5.10 Å². The maximum atomic E-state index is 6.04. The third-order valence-corrected chi connectivity index (χ3v) is 4.58. The van der Waals surface area contributed by atoms with Gasteiger partial charge in [0.2, 0.25) is 0 Å². The lowest BCUT2D eigenvalue weighted by atomic mass is 9.93. The number of hydrogen-bond acceptors (Lipinski definition) is 6. The molecule has 2 aromatic heterocycles. The molecule has 3 rings (SSSR count). The highest BCUT2D eigenvalue weighted by molar-refractivity contribution is 5.59. The van der Waals surface area contributed by atoms with E-state index in [1.54, 1.807) is 0 Å². The van der Waals surface area contributed by atoms with Gasteiger partial charge in [0, 0.05) is 0 Å². The molecule has 7 nitrogen and oxygen atoms in total. The molecule has 1 aliphatic heterocycles. The summed E-state index contributed by atoms with van der Waals surface area (Å²) in [7, 11) is 0. The predicted molar refractivity (Wildman–Crippen MR) is 89.5 cm³/mol. The molecule has 0 radical (unpaired) electrons. The van der Waals surface area contributed by atoms with Gasteiger partial charge in [-0.05, 0) is 51.1 Å². The third kappa shape index (κ3) is 3.55. The molecule has 3 heterocycles. The number of anilines is 1. The van der Waals surface area contributed by atoms with Gasteiger partial charge >= 0.3 is 6.01 Å². The highest BCUT2D eigenvalue weighted by atomic mass is 16.5. The van der Waals surface area contributed by atoms with Crippen LogP contribution in [0.1, 0.15) is 45.2 Å². The molecule has 1 saturated heterocycles. The minimum atomic E-state index is 0.114. The molecular weight excluding hydrogens is 292 g/mol. The van der Waals surface area contributed by atoms with Gasteiger partial charge in [-0.2, -0.15) is 4.98 Å². The Labute approximate surface area is 136 Å². The van der Waals surface area contributed by atoms with Crippen LogP contribution in [-0.4, -0.2) is 38.8 Å². The van der Waals surface area contributed by atoms with Crippen molar-refractivity contribution < 1.29 is 4.74 Å². The van der Waals surface area contributed by atoms with Gasteiger partial charge in [0.05, 0.1) is 11.9 Å². The summed E-state index contributed by atoms with van der Waals surface area (Å²) in [6.07, 6.45) is 7.15. The zero-order chi connectivity index (χ0) is 16.2. The summed E-state index contributed by atoms with van der Waals surface area (Å²) in [6.45, 7) is 6.36. The molecule has 23 heavy (non-hydrogen) atoms. The van der Waals surface area contributed by atoms with E-state index < -0.39 is 0 Å². The average molecular weight is 318 g/mol. The van der Waals surface area contributed by atoms with Gasteiger partial charge in [-0.3, -0.25) is 0 Å². The van der Waals surface area contributed by atoms with E-state index in [2.05, 4.69) is 34.2 Å². The fourth-order valence-corrected chi connectivity index (χ4v) is 3.10. The van der Waals surface area contributed by atoms with E-state index in [-0.39, 0.29) is 6.10 Å². The van der Waals surface area contributed by atoms with Crippen LogP contribution in [0.2, 0.25) is 0 Å². The lowest BCUT2D eigenvalue weighted by Gasteiger charge is -2.22. The maximum Gasteiger partial charge on any atom is 0.336 e. The summed E-state index contributed by atoms with van der Waals surface area (Å²) in [5.41, 5.74) is 7.73. The van der Waals surface area contributed by atoms with Crippen molar-refractivity contribution in [3.63, 3.8) is 0 Å². The van der Waals surface area contributed by atoms with Gasteiger partial charge in [0.15, 0.2) is 11.5 Å². The third-order valence-electron chi connectivity index (χ3n) is 4.58. The first-order valence-corrected chi connectivity index (χ1v) is 8.58. The summed E-state index contributed by atoms with van der Waals surface area (Å²) in [5.74, 6) is 1.04. The number of ether oxygens (including phenoxy) is 1. The zero-order valence-electron chi connectivity index (χ0n) is 14.0. The number of nitrogens with two attached hydrogens (primary N) is 1. The molecule has 0 spiro atoms. The molecule has 0 amide bonds. The van der Waals surface area contributed by atoms with Crippen LogP contribution in [0.4, 0.5) is 5.82 Å². The van der Waals surface area contributed by atoms with Crippen molar-refractivity contribution in [2.75, 3.05) is 18.8 Å². The monoisotopic (exact) mass is 318 g/mol. The van der Waals surface area contributed by atoms with Crippen molar-refractivity contribution in [1.29, 1.82) is 0 Å². The van der Waals surface area contributed by atoms with Crippen LogP contribution in [-0.2, 0) is 6.42 Å². The van der Waals surface area contributed by atoms with Crippen molar-refractivity contribution in [3.8, 4) is 6.01 Å². The highest BCUT2D eigenvalue weighted by Gasteiger charge is 2.18. The van der Waals surface area contributed by atoms with E-state index in [9.17, 15) is 0 Å². The fraction of sp³-hybridized carbons (Fsp3) is 0.688. The molecule has 0 aliphatic carbocycles. The lowest BCUT2D eigenvalue weighted by molar-refractivity contribution is 0.173. The van der Waals surface area contributed by atoms with E-state index in [1.807, 2.05) is 10.7 Å². The number of fused-ring (bicyclic) bond motifs is 1. The predicted octanol–water partition coefficient (Wildman–Crippen LogP) is 1.82. The minimum absolute atomic E-state index is 0.114. The molecule has 0 atom stereocenters. The standard InChI is InChI=1S/C16H26N6O/c1-3-13(4-2)23-16-20-14(17)15-19-10-12(22(15)21-16)9-11-5-7-18-8-6-11/h10-11,13,18H,3-9H2,1-2H3,(H2,17,20,21). The normalized spacial score (nSPS) is 16.3. The van der Waals surface area contributed by atoms with Crippen LogP contribution in [0.5, 0.6) is 6.01 Å². The number of imidazole rings is 1. The molecule has 2 aromatic rings. The Morgan fingerprint density at radius 3 is 2.78 bits per heavy atom. The van der Waals surface area contributed by atoms with Crippen molar-refractivity contribution in [3.05, 3.63) is 11.9 Å². The Balaban J connectivity index is 1.85. The van der Waals surface area contributed by atoms with Gasteiger partial charge in [0.1, 0.15) is 6.10 Å². The first-order valence-electron chi connectivity index (χ1n) is 8.58. The van der Waals surface area contributed by atoms with Crippen molar-refractivity contribution >= 4 is 11.5 Å². The molecule has 0 bridgehead atoms. The van der Waals surface area contributed by atoms with Gasteiger partial charge in [-0.25, -0.2) is 9.50 Å². The summed E-state index contributed by atoms with van der Waals surface area (Å²) in [4.78, 5) is 8.63. The molecule has 1 aliphatic rings. The highest BCUT2D eigenvalue weighted by Crippen LogP contribution is 2.21. The molecule has 3 N–H and O–H groups in total. The molecule has 7 heteroatoms. The Morgan fingerprint density at radius 1 is 1.35 bits per heavy atom. The van der Waals surface area contributed by atoms with Crippen LogP contribution in [0, 0.1) is 5.92 Å². The summed E-state index contributed by atoms with van der Waals surface area (Å²) in [5, 5.41) is 7.92. The first-order chi connectivity index (χ1) is 11.2. The van der Waals surface area contributed by atoms with E-state index in [1.165, 1.54) is 12.8 Å². The Bertz CT molecular complexity index is 645. The van der Waals surface area contributed by atoms with Crippen molar-refractivity contribution in [2.45, 2.75) is 52.1 Å². The van der Waals surface area contributed by atoms with Gasteiger partial charge in [-0.1, -0.05) is 13.8 Å². The van der Waals surface area contributed by atoms with E-state index in [0.717, 1.165) is 38.0 Å². The SMILES string of the molecule is CCC(CC)Oc1nc(N)c2ncc(CC3CCNCC3)n2n1. The number of nitrogen functional groups attached to an aromatic ring is 1. The molecule has 0 saturated carbocycles. The Hall–Kier alpha value is -1.89. The second-order valence-corrected chi connectivity index (χ2v) is 6.22. The minimum Gasteiger partial charge on any atom is -0.459 e. The number of nitrogens with zero attached hydrogens (tertiary/aromatic N) is 4. The number of hydrogen-bond donors (Lipinski definition) is 2. The second-order valence-electron chi connectivity index (χ2n) is 6.22. The number of rotatable bonds is 6. The zero-order valence-corrected chi connectivity index (χ0v) is 14.0. The van der Waals surface area contributed by atoms with Crippen LogP contribution in [0.3, 0.4) is 0 Å². The second kappa shape index (κ2) is 7.12. The average Bonchev–Trinajstić information content (AvgIpc) is 2.97. The quantitative estimate of drug-likeness (QED) is 0.844. The molecule has 1 fully saturated rings. The fourth-order valence-electron chi connectivity index (χ4n) is 3.10. The first kappa shape index (κ1) is 16.0. The Morgan fingerprint density at radius 2 is 2.09 bits per heavy atom. The van der Waals surface area contributed by atoms with Gasteiger partial charge in [0.25, 0.3) is 0 Å². The molecule has 0 unspecified atom stereocenters. The van der Waals surface area contributed by atoms with E-state index >= 15 is 0 Å². The summed E-state index contributed by atoms with van der Waals surface area (Å²) < 4.78 is 7.66. The van der Waals surface area contributed by atoms with E-state index in [0.29, 0.717) is 23.4 Å². The van der Waals surface area contributed by atoms with Crippen LogP contribution in [0.15, 0.2) is 6.20 Å².